The van der Waals surface area contributed by atoms with Gasteiger partial charge < -0.3 is 10.1 Å². The third-order valence-electron chi connectivity index (χ3n) is 7.07. The van der Waals surface area contributed by atoms with E-state index in [4.69, 9.17) is 9.84 Å². The van der Waals surface area contributed by atoms with Gasteiger partial charge in [-0.1, -0.05) is 48.5 Å². The van der Waals surface area contributed by atoms with Crippen LogP contribution in [0.15, 0.2) is 60.7 Å². The van der Waals surface area contributed by atoms with E-state index < -0.39 is 0 Å². The molecule has 0 radical (unpaired) electrons. The lowest BCUT2D eigenvalue weighted by molar-refractivity contribution is 0.177. The second-order valence-electron chi connectivity index (χ2n) is 9.22. The van der Waals surface area contributed by atoms with Gasteiger partial charge in [0.05, 0.1) is 11.4 Å². The van der Waals surface area contributed by atoms with Crippen LogP contribution >= 0.6 is 0 Å². The van der Waals surface area contributed by atoms with E-state index in [2.05, 4.69) is 34.9 Å². The van der Waals surface area contributed by atoms with Gasteiger partial charge in [-0.25, -0.2) is 9.48 Å². The first-order valence-electron chi connectivity index (χ1n) is 12.0. The van der Waals surface area contributed by atoms with Crippen LogP contribution in [0.4, 0.5) is 10.6 Å². The zero-order valence-electron chi connectivity index (χ0n) is 19.2. The number of hydrogen-bond acceptors (Lipinski definition) is 3. The van der Waals surface area contributed by atoms with Crippen LogP contribution in [-0.4, -0.2) is 35.6 Å². The minimum Gasteiger partial charge on any atom is -0.385 e. The van der Waals surface area contributed by atoms with Gasteiger partial charge in [0, 0.05) is 31.2 Å². The van der Waals surface area contributed by atoms with Crippen molar-refractivity contribution < 1.29 is 9.53 Å². The maximum absolute atomic E-state index is 13.3. The van der Waals surface area contributed by atoms with Crippen LogP contribution in [0.1, 0.15) is 48.4 Å². The molecule has 0 saturated heterocycles. The third-order valence-corrected chi connectivity index (χ3v) is 7.07. The van der Waals surface area contributed by atoms with E-state index in [1.807, 2.05) is 41.1 Å². The van der Waals surface area contributed by atoms with Gasteiger partial charge in [-0.15, -0.1) is 0 Å². The first kappa shape index (κ1) is 21.7. The van der Waals surface area contributed by atoms with Crippen LogP contribution in [0.25, 0.3) is 5.69 Å². The maximum atomic E-state index is 13.3. The Hall–Kier alpha value is -3.12. The Labute approximate surface area is 195 Å². The molecule has 1 heterocycles. The van der Waals surface area contributed by atoms with Crippen molar-refractivity contribution in [3.05, 3.63) is 77.5 Å². The molecule has 172 valence electrons. The van der Waals surface area contributed by atoms with Crippen LogP contribution in [-0.2, 0) is 17.6 Å². The molecule has 6 nitrogen and oxygen atoms in total. The summed E-state index contributed by atoms with van der Waals surface area (Å²) in [5.74, 6) is 1.65. The Kier molecular flexibility index (Phi) is 6.44. The highest BCUT2D eigenvalue weighted by atomic mass is 16.5. The monoisotopic (exact) mass is 444 g/mol. The van der Waals surface area contributed by atoms with Crippen LogP contribution in [0.3, 0.4) is 0 Å². The van der Waals surface area contributed by atoms with E-state index in [0.29, 0.717) is 11.8 Å². The van der Waals surface area contributed by atoms with Crippen molar-refractivity contribution >= 4 is 11.8 Å². The zero-order valence-corrected chi connectivity index (χ0v) is 19.2. The van der Waals surface area contributed by atoms with Crippen LogP contribution < -0.4 is 10.6 Å². The van der Waals surface area contributed by atoms with Gasteiger partial charge in [-0.2, -0.15) is 5.10 Å². The summed E-state index contributed by atoms with van der Waals surface area (Å²) in [7, 11) is 1.75. The third kappa shape index (κ3) is 4.67. The van der Waals surface area contributed by atoms with E-state index in [-0.39, 0.29) is 12.1 Å². The Morgan fingerprint density at radius 3 is 2.58 bits per heavy atom. The Bertz CT molecular complexity index is 1080. The molecule has 5 rings (SSSR count). The molecular weight excluding hydrogens is 412 g/mol. The second kappa shape index (κ2) is 9.79. The van der Waals surface area contributed by atoms with Crippen LogP contribution in [0, 0.1) is 5.92 Å². The Morgan fingerprint density at radius 1 is 1.06 bits per heavy atom. The van der Waals surface area contributed by atoms with Gasteiger partial charge >= 0.3 is 6.03 Å². The SMILES string of the molecule is COCC[C@@H]1C[C@@H](NC(=O)Nc2c3c(nn2-c2ccccc2)CCC3)[C@H](c2ccccc2)C1. The smallest absolute Gasteiger partial charge is 0.320 e. The number of methoxy groups -OCH3 is 1. The van der Waals surface area contributed by atoms with Crippen molar-refractivity contribution in [2.24, 2.45) is 5.92 Å². The van der Waals surface area contributed by atoms with E-state index in [1.54, 1.807) is 7.11 Å². The number of nitrogens with zero attached hydrogens (tertiary/aromatic N) is 2. The maximum Gasteiger partial charge on any atom is 0.320 e. The number of fused-ring (bicyclic) bond motifs is 1. The molecule has 2 aromatic carbocycles. The summed E-state index contributed by atoms with van der Waals surface area (Å²) >= 11 is 0. The lowest BCUT2D eigenvalue weighted by Crippen LogP contribution is -2.40. The molecule has 1 fully saturated rings. The number of amides is 2. The molecule has 2 aliphatic carbocycles. The Morgan fingerprint density at radius 2 is 1.82 bits per heavy atom. The number of anilines is 1. The van der Waals surface area contributed by atoms with Crippen molar-refractivity contribution in [1.29, 1.82) is 0 Å². The number of carbonyl (C=O) groups excluding carboxylic acids is 1. The number of para-hydroxylation sites is 1. The number of hydrogen-bond donors (Lipinski definition) is 2. The number of ether oxygens (including phenoxy) is 1. The molecule has 0 spiro atoms. The normalized spacial score (nSPS) is 21.7. The highest BCUT2D eigenvalue weighted by molar-refractivity contribution is 5.90. The fourth-order valence-electron chi connectivity index (χ4n) is 5.48. The summed E-state index contributed by atoms with van der Waals surface area (Å²) in [5.41, 5.74) is 4.51. The molecule has 33 heavy (non-hydrogen) atoms. The summed E-state index contributed by atoms with van der Waals surface area (Å²) in [6.07, 6.45) is 6.05. The van der Waals surface area contributed by atoms with Gasteiger partial charge in [-0.05, 0) is 62.1 Å². The highest BCUT2D eigenvalue weighted by Gasteiger charge is 2.36. The van der Waals surface area contributed by atoms with Crippen LogP contribution in [0.2, 0.25) is 0 Å². The predicted octanol–water partition coefficient (Wildman–Crippen LogP) is 5.08. The predicted molar refractivity (Wildman–Crippen MR) is 130 cm³/mol. The number of carbonyl (C=O) groups is 1. The number of rotatable bonds is 7. The molecule has 0 unspecified atom stereocenters. The molecule has 2 aliphatic rings. The molecule has 1 aromatic heterocycles. The quantitative estimate of drug-likeness (QED) is 0.534. The van der Waals surface area contributed by atoms with E-state index in [0.717, 1.165) is 67.9 Å². The van der Waals surface area contributed by atoms with Crippen molar-refractivity contribution in [3.8, 4) is 5.69 Å². The standard InChI is InChI=1S/C27H32N4O2/c1-33-16-15-19-17-23(20-9-4-2-5-10-20)25(18-19)28-27(32)29-26-22-13-8-14-24(22)30-31(26)21-11-6-3-7-12-21/h2-7,9-12,19,23,25H,8,13-18H2,1H3,(H2,28,29,32)/t19-,23-,25+/m0/s1. The average molecular weight is 445 g/mol. The van der Waals surface area contributed by atoms with Crippen molar-refractivity contribution in [1.82, 2.24) is 15.1 Å². The second-order valence-corrected chi connectivity index (χ2v) is 9.22. The van der Waals surface area contributed by atoms with Gasteiger partial charge in [0.15, 0.2) is 0 Å². The number of aryl methyl sites for hydroxylation is 1. The van der Waals surface area contributed by atoms with Crippen molar-refractivity contribution in [3.63, 3.8) is 0 Å². The summed E-state index contributed by atoms with van der Waals surface area (Å²) in [6.45, 7) is 0.757. The molecule has 3 aromatic rings. The summed E-state index contributed by atoms with van der Waals surface area (Å²) < 4.78 is 7.20. The first-order chi connectivity index (χ1) is 16.2. The number of nitrogens with one attached hydrogen (secondary N) is 2. The Balaban J connectivity index is 1.35. The number of benzene rings is 2. The van der Waals surface area contributed by atoms with Crippen molar-refractivity contribution in [2.75, 3.05) is 19.0 Å². The summed E-state index contributed by atoms with van der Waals surface area (Å²) in [4.78, 5) is 13.3. The average Bonchev–Trinajstić information content (AvgIpc) is 3.55. The van der Waals surface area contributed by atoms with Crippen molar-refractivity contribution in [2.45, 2.75) is 50.5 Å². The van der Waals surface area contributed by atoms with E-state index in [9.17, 15) is 4.79 Å². The van der Waals surface area contributed by atoms with Gasteiger partial charge in [0.25, 0.3) is 0 Å². The fraction of sp³-hybridized carbons (Fsp3) is 0.407. The lowest BCUT2D eigenvalue weighted by atomic mass is 9.93. The number of aromatic nitrogens is 2. The van der Waals surface area contributed by atoms with E-state index in [1.165, 1.54) is 5.56 Å². The molecule has 2 N–H and O–H groups in total. The molecular formula is C27H32N4O2. The largest absolute Gasteiger partial charge is 0.385 e. The van der Waals surface area contributed by atoms with Gasteiger partial charge in [0.2, 0.25) is 0 Å². The first-order valence-corrected chi connectivity index (χ1v) is 12.0. The summed E-state index contributed by atoms with van der Waals surface area (Å²) in [6, 6.07) is 20.5. The van der Waals surface area contributed by atoms with Gasteiger partial charge in [0.1, 0.15) is 5.82 Å². The molecule has 6 heteroatoms. The molecule has 1 saturated carbocycles. The molecule has 2 amide bonds. The van der Waals surface area contributed by atoms with Gasteiger partial charge in [-0.3, -0.25) is 5.32 Å². The molecule has 0 aliphatic heterocycles. The highest BCUT2D eigenvalue weighted by Crippen LogP contribution is 2.40. The fourth-order valence-corrected chi connectivity index (χ4v) is 5.48. The molecule has 3 atom stereocenters. The molecule has 0 bridgehead atoms. The minimum absolute atomic E-state index is 0.0930. The zero-order chi connectivity index (χ0) is 22.6. The van der Waals surface area contributed by atoms with Crippen LogP contribution in [0.5, 0.6) is 0 Å². The summed E-state index contributed by atoms with van der Waals surface area (Å²) in [5, 5.41) is 11.3. The van der Waals surface area contributed by atoms with E-state index >= 15 is 0 Å². The lowest BCUT2D eigenvalue weighted by Gasteiger charge is -2.22. The number of urea groups is 1. The topological polar surface area (TPSA) is 68.2 Å². The minimum atomic E-state index is -0.153.